The minimum Gasteiger partial charge on any atom is -0.294 e. The number of halogens is 4. The van der Waals surface area contributed by atoms with Crippen LogP contribution >= 0.6 is 11.6 Å². The van der Waals surface area contributed by atoms with Crippen LogP contribution in [0.25, 0.3) is 0 Å². The van der Waals surface area contributed by atoms with Crippen molar-refractivity contribution >= 4 is 33.1 Å². The molecule has 4 nitrogen and oxygen atoms in total. The van der Waals surface area contributed by atoms with E-state index in [0.717, 1.165) is 12.1 Å². The van der Waals surface area contributed by atoms with Gasteiger partial charge in [0.15, 0.2) is 5.78 Å². The van der Waals surface area contributed by atoms with Gasteiger partial charge in [0.1, 0.15) is 0 Å². The molecule has 0 saturated heterocycles. The zero-order valence-corrected chi connectivity index (χ0v) is 12.9. The Balaban J connectivity index is 3.14. The van der Waals surface area contributed by atoms with E-state index in [1.165, 1.54) is 10.8 Å². The molecule has 0 aliphatic heterocycles. The Morgan fingerprint density at radius 1 is 1.19 bits per heavy atom. The number of sulfonamides is 1. The normalized spacial score (nSPS) is 13.1. The molecule has 0 saturated carbocycles. The predicted octanol–water partition coefficient (Wildman–Crippen LogP) is 3.83. The molecule has 118 valence electrons. The number of rotatable bonds is 3. The molecule has 1 N–H and O–H groups in total. The molecule has 0 radical (unpaired) electrons. The smallest absolute Gasteiger partial charge is 0.294 e. The Morgan fingerprint density at radius 3 is 2.10 bits per heavy atom. The van der Waals surface area contributed by atoms with Crippen molar-refractivity contribution in [3.8, 4) is 0 Å². The quantitative estimate of drug-likeness (QED) is 0.848. The van der Waals surface area contributed by atoms with Crippen molar-refractivity contribution in [3.63, 3.8) is 0 Å². The maximum Gasteiger partial charge on any atom is 0.516 e. The molecule has 0 aromatic heterocycles. The van der Waals surface area contributed by atoms with E-state index in [0.29, 0.717) is 0 Å². The highest BCUT2D eigenvalue weighted by atomic mass is 35.5. The van der Waals surface area contributed by atoms with Crippen molar-refractivity contribution in [2.24, 2.45) is 5.41 Å². The number of anilines is 1. The predicted molar refractivity (Wildman–Crippen MR) is 73.8 cm³/mol. The molecule has 0 heterocycles. The fourth-order valence-electron chi connectivity index (χ4n) is 1.37. The second-order valence-corrected chi connectivity index (χ2v) is 7.41. The van der Waals surface area contributed by atoms with E-state index in [-0.39, 0.29) is 16.4 Å². The molecule has 0 fully saturated rings. The Labute approximate surface area is 125 Å². The number of hydrogen-bond donors (Lipinski definition) is 1. The van der Waals surface area contributed by atoms with Crippen LogP contribution in [0.5, 0.6) is 0 Å². The molecule has 0 unspecified atom stereocenters. The monoisotopic (exact) mass is 343 g/mol. The SMILES string of the molecule is CC(C)(C)C(=O)c1ccc(NS(=O)(=O)C(F)(F)F)c(Cl)c1. The lowest BCUT2D eigenvalue weighted by Crippen LogP contribution is -2.30. The number of alkyl halides is 3. The van der Waals surface area contributed by atoms with E-state index >= 15 is 0 Å². The summed E-state index contributed by atoms with van der Waals surface area (Å²) < 4.78 is 60.1. The van der Waals surface area contributed by atoms with Gasteiger partial charge in [-0.1, -0.05) is 32.4 Å². The number of benzene rings is 1. The number of hydrogen-bond acceptors (Lipinski definition) is 3. The van der Waals surface area contributed by atoms with Crippen molar-refractivity contribution in [2.45, 2.75) is 26.3 Å². The van der Waals surface area contributed by atoms with Gasteiger partial charge >= 0.3 is 15.5 Å². The van der Waals surface area contributed by atoms with Crippen molar-refractivity contribution in [1.29, 1.82) is 0 Å². The first-order valence-electron chi connectivity index (χ1n) is 5.69. The first-order chi connectivity index (χ1) is 9.25. The topological polar surface area (TPSA) is 63.2 Å². The van der Waals surface area contributed by atoms with Crippen LogP contribution in [0.3, 0.4) is 0 Å². The lowest BCUT2D eigenvalue weighted by molar-refractivity contribution is -0.0429. The van der Waals surface area contributed by atoms with Crippen LogP contribution in [0, 0.1) is 5.41 Å². The standard InChI is InChI=1S/C12H13ClF3NO3S/c1-11(2,3)10(18)7-4-5-9(8(13)6-7)17-21(19,20)12(14,15)16/h4-6,17H,1-3H3. The summed E-state index contributed by atoms with van der Waals surface area (Å²) in [4.78, 5) is 12.0. The molecule has 0 bridgehead atoms. The first-order valence-corrected chi connectivity index (χ1v) is 7.55. The molecule has 0 atom stereocenters. The van der Waals surface area contributed by atoms with Crippen molar-refractivity contribution in [2.75, 3.05) is 4.72 Å². The Kier molecular flexibility index (Phi) is 4.65. The summed E-state index contributed by atoms with van der Waals surface area (Å²) in [6, 6.07) is 3.36. The van der Waals surface area contributed by atoms with Crippen LogP contribution in [-0.4, -0.2) is 19.7 Å². The molecule has 1 rings (SSSR count). The molecule has 1 aromatic rings. The zero-order valence-electron chi connectivity index (χ0n) is 11.4. The molecule has 0 spiro atoms. The van der Waals surface area contributed by atoms with Gasteiger partial charge in [0.25, 0.3) is 0 Å². The van der Waals surface area contributed by atoms with E-state index in [1.54, 1.807) is 20.8 Å². The maximum atomic E-state index is 12.3. The van der Waals surface area contributed by atoms with Crippen molar-refractivity contribution in [1.82, 2.24) is 0 Å². The number of Topliss-reactive ketones (excluding diaryl/α,β-unsaturated/α-hetero) is 1. The summed E-state index contributed by atoms with van der Waals surface area (Å²) in [6.45, 7) is 5.01. The molecule has 21 heavy (non-hydrogen) atoms. The van der Waals surface area contributed by atoms with Crippen LogP contribution in [0.15, 0.2) is 18.2 Å². The molecule has 0 aliphatic carbocycles. The van der Waals surface area contributed by atoms with Crippen LogP contribution in [0.1, 0.15) is 31.1 Å². The van der Waals surface area contributed by atoms with Crippen molar-refractivity contribution < 1.29 is 26.4 Å². The van der Waals surface area contributed by atoms with E-state index in [1.807, 2.05) is 0 Å². The lowest BCUT2D eigenvalue weighted by Gasteiger charge is -2.17. The molecule has 0 aliphatic rings. The molecular formula is C12H13ClF3NO3S. The Morgan fingerprint density at radius 2 is 1.71 bits per heavy atom. The first kappa shape index (κ1) is 17.8. The minimum atomic E-state index is -5.55. The summed E-state index contributed by atoms with van der Waals surface area (Å²) in [5.41, 5.74) is -6.41. The summed E-state index contributed by atoms with van der Waals surface area (Å²) in [5, 5.41) is -0.294. The molecule has 0 amide bonds. The minimum absolute atomic E-state index is 0.183. The van der Waals surface area contributed by atoms with Gasteiger partial charge in [-0.2, -0.15) is 21.6 Å². The van der Waals surface area contributed by atoms with Crippen LogP contribution in [-0.2, 0) is 10.0 Å². The third-order valence-corrected chi connectivity index (χ3v) is 3.87. The Bertz CT molecular complexity index is 663. The van der Waals surface area contributed by atoms with E-state index in [9.17, 15) is 26.4 Å². The van der Waals surface area contributed by atoms with E-state index in [2.05, 4.69) is 0 Å². The average Bonchev–Trinajstić information content (AvgIpc) is 2.28. The van der Waals surface area contributed by atoms with Gasteiger partial charge < -0.3 is 0 Å². The summed E-state index contributed by atoms with van der Waals surface area (Å²) in [5.74, 6) is -0.269. The maximum absolute atomic E-state index is 12.3. The van der Waals surface area contributed by atoms with Gasteiger partial charge in [-0.3, -0.25) is 9.52 Å². The van der Waals surface area contributed by atoms with Gasteiger partial charge in [-0.15, -0.1) is 0 Å². The molecule has 9 heteroatoms. The molecule has 1 aromatic carbocycles. The second kappa shape index (κ2) is 5.49. The van der Waals surface area contributed by atoms with Gasteiger partial charge in [0.2, 0.25) is 0 Å². The van der Waals surface area contributed by atoms with E-state index in [4.69, 9.17) is 11.6 Å². The third-order valence-electron chi connectivity index (χ3n) is 2.46. The summed E-state index contributed by atoms with van der Waals surface area (Å²) >= 11 is 5.73. The van der Waals surface area contributed by atoms with Gasteiger partial charge in [0, 0.05) is 11.0 Å². The highest BCUT2D eigenvalue weighted by molar-refractivity contribution is 7.93. The third kappa shape index (κ3) is 4.10. The Hall–Kier alpha value is -1.28. The fourth-order valence-corrected chi connectivity index (χ4v) is 2.24. The van der Waals surface area contributed by atoms with Crippen LogP contribution in [0.2, 0.25) is 5.02 Å². The number of carbonyl (C=O) groups is 1. The van der Waals surface area contributed by atoms with Gasteiger partial charge in [-0.25, -0.2) is 0 Å². The number of ketones is 1. The summed E-state index contributed by atoms with van der Waals surface area (Å²) in [6.07, 6.45) is 0. The molecular weight excluding hydrogens is 331 g/mol. The van der Waals surface area contributed by atoms with Gasteiger partial charge in [0.05, 0.1) is 10.7 Å². The average molecular weight is 344 g/mol. The largest absolute Gasteiger partial charge is 0.516 e. The van der Waals surface area contributed by atoms with Crippen LogP contribution < -0.4 is 4.72 Å². The van der Waals surface area contributed by atoms with Crippen LogP contribution in [0.4, 0.5) is 18.9 Å². The second-order valence-electron chi connectivity index (χ2n) is 5.32. The number of nitrogens with one attached hydrogen (secondary N) is 1. The highest BCUT2D eigenvalue weighted by Crippen LogP contribution is 2.31. The summed E-state index contributed by atoms with van der Waals surface area (Å²) in [7, 11) is -5.55. The highest BCUT2D eigenvalue weighted by Gasteiger charge is 2.46. The number of carbonyl (C=O) groups excluding carboxylic acids is 1. The zero-order chi connectivity index (χ0) is 16.6. The van der Waals surface area contributed by atoms with Gasteiger partial charge in [-0.05, 0) is 18.2 Å². The van der Waals surface area contributed by atoms with E-state index < -0.39 is 26.6 Å². The lowest BCUT2D eigenvalue weighted by atomic mass is 9.86. The van der Waals surface area contributed by atoms with Crippen molar-refractivity contribution in [3.05, 3.63) is 28.8 Å². The fraction of sp³-hybridized carbons (Fsp3) is 0.417.